The Balaban J connectivity index is 1.09. The van der Waals surface area contributed by atoms with E-state index in [1.165, 1.54) is 65.4 Å². The summed E-state index contributed by atoms with van der Waals surface area (Å²) in [6.45, 7) is 0. The first-order valence-corrected chi connectivity index (χ1v) is 19.1. The van der Waals surface area contributed by atoms with Crippen molar-refractivity contribution in [1.29, 1.82) is 0 Å². The van der Waals surface area contributed by atoms with Crippen molar-refractivity contribution in [3.63, 3.8) is 0 Å². The SMILES string of the molecule is c1ccc(N(c2ccccc2)c2ccnc3c2ccc2c(-c4ccc5ccc6c7c(ccc4c57)cc4c6c5ccccc5n4-c4ccccc4)ccnc23)cc1. The van der Waals surface area contributed by atoms with Gasteiger partial charge in [0, 0.05) is 51.0 Å². The van der Waals surface area contributed by atoms with Gasteiger partial charge >= 0.3 is 0 Å². The summed E-state index contributed by atoms with van der Waals surface area (Å²) in [7, 11) is 0. The smallest absolute Gasteiger partial charge is 0.0985 e. The Hall–Kier alpha value is -7.56. The normalized spacial score (nSPS) is 11.9. The first-order chi connectivity index (χ1) is 27.8. The van der Waals surface area contributed by atoms with Crippen molar-refractivity contribution in [3.05, 3.63) is 194 Å². The molecule has 0 spiro atoms. The first kappa shape index (κ1) is 30.9. The van der Waals surface area contributed by atoms with Crippen LogP contribution in [-0.2, 0) is 0 Å². The van der Waals surface area contributed by atoms with Crippen LogP contribution >= 0.6 is 0 Å². The number of para-hydroxylation sites is 4. The Morgan fingerprint density at radius 1 is 0.375 bits per heavy atom. The van der Waals surface area contributed by atoms with Gasteiger partial charge in [-0.25, -0.2) is 0 Å². The van der Waals surface area contributed by atoms with Gasteiger partial charge in [-0.2, -0.15) is 0 Å². The molecule has 3 aromatic heterocycles. The maximum Gasteiger partial charge on any atom is 0.0985 e. The van der Waals surface area contributed by atoms with Crippen LogP contribution < -0.4 is 4.90 Å². The molecule has 0 unspecified atom stereocenters. The molecule has 4 nitrogen and oxygen atoms in total. The third kappa shape index (κ3) is 4.41. The fourth-order valence-electron chi connectivity index (χ4n) is 9.24. The monoisotopic (exact) mass is 712 g/mol. The Bertz CT molecular complexity index is 3420. The largest absolute Gasteiger partial charge is 0.310 e. The molecule has 0 radical (unpaired) electrons. The highest BCUT2D eigenvalue weighted by atomic mass is 15.1. The van der Waals surface area contributed by atoms with Crippen molar-refractivity contribution >= 4 is 93.0 Å². The van der Waals surface area contributed by atoms with Crippen LogP contribution in [0.4, 0.5) is 17.1 Å². The quantitative estimate of drug-likeness (QED) is 0.167. The summed E-state index contributed by atoms with van der Waals surface area (Å²) in [4.78, 5) is 12.3. The molecule has 0 aliphatic carbocycles. The van der Waals surface area contributed by atoms with Crippen LogP contribution in [0.2, 0.25) is 0 Å². The van der Waals surface area contributed by atoms with Gasteiger partial charge in [0.2, 0.25) is 0 Å². The van der Waals surface area contributed by atoms with Crippen molar-refractivity contribution in [3.8, 4) is 16.8 Å². The number of hydrogen-bond donors (Lipinski definition) is 0. The van der Waals surface area contributed by atoms with Crippen molar-refractivity contribution in [2.24, 2.45) is 0 Å². The molecule has 0 aliphatic heterocycles. The highest BCUT2D eigenvalue weighted by Crippen LogP contribution is 2.46. The van der Waals surface area contributed by atoms with Gasteiger partial charge in [-0.15, -0.1) is 0 Å². The molecule has 260 valence electrons. The number of nitrogens with zero attached hydrogens (tertiary/aromatic N) is 4. The molecule has 56 heavy (non-hydrogen) atoms. The van der Waals surface area contributed by atoms with E-state index < -0.39 is 0 Å². The number of pyridine rings is 2. The number of fused-ring (bicyclic) bond motifs is 7. The van der Waals surface area contributed by atoms with Crippen LogP contribution in [0.1, 0.15) is 0 Å². The van der Waals surface area contributed by atoms with Gasteiger partial charge in [-0.3, -0.25) is 9.97 Å². The number of aromatic nitrogens is 3. The van der Waals surface area contributed by atoms with Gasteiger partial charge in [-0.1, -0.05) is 115 Å². The van der Waals surface area contributed by atoms with Crippen LogP contribution in [0.3, 0.4) is 0 Å². The second-order valence-corrected chi connectivity index (χ2v) is 14.5. The fourth-order valence-corrected chi connectivity index (χ4v) is 9.24. The Morgan fingerprint density at radius 2 is 0.946 bits per heavy atom. The zero-order chi connectivity index (χ0) is 36.7. The summed E-state index contributed by atoms with van der Waals surface area (Å²) in [5, 5.41) is 12.3. The van der Waals surface area contributed by atoms with E-state index in [0.29, 0.717) is 0 Å². The molecular weight excluding hydrogens is 681 g/mol. The molecule has 0 saturated carbocycles. The average Bonchev–Trinajstić information content (AvgIpc) is 3.60. The molecule has 12 aromatic rings. The van der Waals surface area contributed by atoms with Crippen LogP contribution in [0.15, 0.2) is 194 Å². The zero-order valence-electron chi connectivity index (χ0n) is 30.3. The minimum atomic E-state index is 0.883. The van der Waals surface area contributed by atoms with E-state index in [-0.39, 0.29) is 0 Å². The van der Waals surface area contributed by atoms with E-state index in [1.807, 2.05) is 12.4 Å². The second kappa shape index (κ2) is 12.0. The molecule has 0 amide bonds. The predicted octanol–water partition coefficient (Wildman–Crippen LogP) is 13.9. The topological polar surface area (TPSA) is 34.0 Å². The molecule has 0 atom stereocenters. The molecule has 3 heterocycles. The van der Waals surface area contributed by atoms with Gasteiger partial charge < -0.3 is 9.47 Å². The number of anilines is 3. The molecular formula is C52H32N4. The summed E-state index contributed by atoms with van der Waals surface area (Å²) in [5.74, 6) is 0. The lowest BCUT2D eigenvalue weighted by molar-refractivity contribution is 1.18. The molecule has 12 rings (SSSR count). The minimum absolute atomic E-state index is 0.883. The lowest BCUT2D eigenvalue weighted by atomic mass is 9.87. The van der Waals surface area contributed by atoms with Crippen LogP contribution in [0, 0.1) is 0 Å². The molecule has 0 saturated heterocycles. The predicted molar refractivity (Wildman–Crippen MR) is 235 cm³/mol. The highest BCUT2D eigenvalue weighted by Gasteiger charge is 2.21. The van der Waals surface area contributed by atoms with Crippen LogP contribution in [-0.4, -0.2) is 14.5 Å². The number of rotatable bonds is 5. The van der Waals surface area contributed by atoms with Gasteiger partial charge in [0.05, 0.1) is 27.8 Å². The molecule has 9 aromatic carbocycles. The minimum Gasteiger partial charge on any atom is -0.310 e. The van der Waals surface area contributed by atoms with E-state index in [0.717, 1.165) is 44.4 Å². The number of hydrogen-bond acceptors (Lipinski definition) is 3. The van der Waals surface area contributed by atoms with Gasteiger partial charge in [0.15, 0.2) is 0 Å². The Morgan fingerprint density at radius 3 is 1.73 bits per heavy atom. The second-order valence-electron chi connectivity index (χ2n) is 14.5. The molecule has 0 aliphatic rings. The maximum atomic E-state index is 5.01. The standard InChI is InChI=1S/C52H32N4/c1-4-12-35(13-5-1)55(36-14-6-2-7-15-36)46-29-31-54-52-43(46)27-26-41-39(28-30-53-51(41)52)38-23-20-33-21-25-44-49-34(22-24-40(38)48(33)49)32-47-50(44)42-18-10-11-19-45(42)56(47)37-16-8-3-9-17-37/h1-32H. The van der Waals surface area contributed by atoms with Crippen molar-refractivity contribution in [1.82, 2.24) is 14.5 Å². The molecule has 0 N–H and O–H groups in total. The van der Waals surface area contributed by atoms with E-state index in [4.69, 9.17) is 9.97 Å². The van der Waals surface area contributed by atoms with E-state index in [9.17, 15) is 0 Å². The Kier molecular flexibility index (Phi) is 6.60. The lowest BCUT2D eigenvalue weighted by Crippen LogP contribution is -2.10. The number of benzene rings is 9. The van der Waals surface area contributed by atoms with Gasteiger partial charge in [0.25, 0.3) is 0 Å². The molecule has 4 heteroatoms. The third-order valence-corrected chi connectivity index (χ3v) is 11.6. The summed E-state index contributed by atoms with van der Waals surface area (Å²) in [6, 6.07) is 65.5. The van der Waals surface area contributed by atoms with Crippen molar-refractivity contribution in [2.45, 2.75) is 0 Å². The summed E-state index contributed by atoms with van der Waals surface area (Å²) in [6.07, 6.45) is 3.85. The van der Waals surface area contributed by atoms with E-state index in [1.54, 1.807) is 0 Å². The van der Waals surface area contributed by atoms with Crippen molar-refractivity contribution in [2.75, 3.05) is 4.90 Å². The first-order valence-electron chi connectivity index (χ1n) is 19.1. The van der Waals surface area contributed by atoms with Crippen LogP contribution in [0.5, 0.6) is 0 Å². The average molecular weight is 713 g/mol. The van der Waals surface area contributed by atoms with Gasteiger partial charge in [0.1, 0.15) is 0 Å². The Labute approximate surface area is 322 Å². The summed E-state index contributed by atoms with van der Waals surface area (Å²) < 4.78 is 2.41. The zero-order valence-corrected chi connectivity index (χ0v) is 30.3. The third-order valence-electron chi connectivity index (χ3n) is 11.6. The summed E-state index contributed by atoms with van der Waals surface area (Å²) in [5.41, 5.74) is 11.0. The van der Waals surface area contributed by atoms with Crippen molar-refractivity contribution < 1.29 is 0 Å². The molecule has 0 fully saturated rings. The fraction of sp³-hybridized carbons (Fsp3) is 0. The molecule has 0 bridgehead atoms. The van der Waals surface area contributed by atoms with Gasteiger partial charge in [-0.05, 0) is 110 Å². The maximum absolute atomic E-state index is 5.01. The van der Waals surface area contributed by atoms with E-state index in [2.05, 4.69) is 191 Å². The highest BCUT2D eigenvalue weighted by molar-refractivity contribution is 6.34. The summed E-state index contributed by atoms with van der Waals surface area (Å²) >= 11 is 0. The van der Waals surface area contributed by atoms with E-state index >= 15 is 0 Å². The van der Waals surface area contributed by atoms with Crippen LogP contribution in [0.25, 0.3) is 92.7 Å². The lowest BCUT2D eigenvalue weighted by Gasteiger charge is -2.26.